The van der Waals surface area contributed by atoms with Gasteiger partial charge >= 0.3 is 0 Å². The van der Waals surface area contributed by atoms with E-state index in [1.54, 1.807) is 6.20 Å². The van der Waals surface area contributed by atoms with E-state index in [0.29, 0.717) is 24.4 Å². The van der Waals surface area contributed by atoms with Crippen LogP contribution in [0.2, 0.25) is 5.02 Å². The number of amides is 2. The molecule has 1 aromatic carbocycles. The van der Waals surface area contributed by atoms with E-state index in [2.05, 4.69) is 43.2 Å². The van der Waals surface area contributed by atoms with Crippen molar-refractivity contribution in [1.29, 1.82) is 0 Å². The molecule has 3 aliphatic heterocycles. The molecule has 3 aliphatic rings. The first-order valence-electron chi connectivity index (χ1n) is 11.0. The highest BCUT2D eigenvalue weighted by Crippen LogP contribution is 2.39. The molecule has 0 radical (unpaired) electrons. The van der Waals surface area contributed by atoms with E-state index in [-0.39, 0.29) is 23.2 Å². The zero-order valence-electron chi connectivity index (χ0n) is 17.7. The Morgan fingerprint density at radius 3 is 2.66 bits per heavy atom. The molecule has 32 heavy (non-hydrogen) atoms. The van der Waals surface area contributed by atoms with Crippen LogP contribution in [0, 0.1) is 0 Å². The summed E-state index contributed by atoms with van der Waals surface area (Å²) in [6.07, 6.45) is 2.63. The Balaban J connectivity index is 1.20. The first-order valence-corrected chi connectivity index (χ1v) is 11.9. The molecule has 7 nitrogen and oxygen atoms in total. The van der Waals surface area contributed by atoms with Crippen LogP contribution in [0.25, 0.3) is 0 Å². The van der Waals surface area contributed by atoms with Gasteiger partial charge in [-0.3, -0.25) is 24.7 Å². The number of carbonyl (C=O) groups excluding carboxylic acids is 2. The molecule has 168 valence electrons. The molecule has 1 N–H and O–H groups in total. The molecule has 2 amide bonds. The van der Waals surface area contributed by atoms with Gasteiger partial charge in [0, 0.05) is 51.9 Å². The van der Waals surface area contributed by atoms with Gasteiger partial charge in [0.1, 0.15) is 5.82 Å². The van der Waals surface area contributed by atoms with Gasteiger partial charge < -0.3 is 4.90 Å². The van der Waals surface area contributed by atoms with E-state index in [4.69, 9.17) is 24.2 Å². The molecule has 0 spiro atoms. The van der Waals surface area contributed by atoms with Crippen molar-refractivity contribution in [3.8, 4) is 0 Å². The molecular formula is C23H26ClN5O2S. The van der Waals surface area contributed by atoms with E-state index in [0.717, 1.165) is 44.1 Å². The van der Waals surface area contributed by atoms with Gasteiger partial charge in [-0.1, -0.05) is 29.8 Å². The van der Waals surface area contributed by atoms with Gasteiger partial charge in [0.15, 0.2) is 0 Å². The first-order chi connectivity index (χ1) is 15.5. The molecule has 4 heterocycles. The third kappa shape index (κ3) is 4.37. The fourth-order valence-electron chi connectivity index (χ4n) is 4.84. The Labute approximate surface area is 198 Å². The van der Waals surface area contributed by atoms with Crippen molar-refractivity contribution >= 4 is 41.9 Å². The van der Waals surface area contributed by atoms with Crippen molar-refractivity contribution < 1.29 is 9.59 Å². The Bertz CT molecular complexity index is 1030. The summed E-state index contributed by atoms with van der Waals surface area (Å²) in [5.74, 6) is 0.578. The Morgan fingerprint density at radius 2 is 1.94 bits per heavy atom. The number of nitrogens with one attached hydrogen (secondary N) is 1. The largest absolute Gasteiger partial charge is 0.354 e. The summed E-state index contributed by atoms with van der Waals surface area (Å²) in [6.45, 7) is 5.38. The third-order valence-corrected chi connectivity index (χ3v) is 7.38. The topological polar surface area (TPSA) is 68.8 Å². The van der Waals surface area contributed by atoms with Crippen LogP contribution in [0.5, 0.6) is 0 Å². The number of carbonyl (C=O) groups is 2. The highest BCUT2D eigenvalue weighted by atomic mass is 35.5. The van der Waals surface area contributed by atoms with Crippen molar-refractivity contribution in [3.05, 3.63) is 58.2 Å². The molecule has 9 heteroatoms. The minimum atomic E-state index is -0.305. The molecule has 2 aromatic rings. The average molecular weight is 472 g/mol. The van der Waals surface area contributed by atoms with Gasteiger partial charge in [0.2, 0.25) is 11.8 Å². The number of anilines is 1. The number of hydrogen-bond acceptors (Lipinski definition) is 7. The number of halogens is 1. The van der Waals surface area contributed by atoms with Crippen molar-refractivity contribution in [3.63, 3.8) is 0 Å². The van der Waals surface area contributed by atoms with Crippen LogP contribution in [-0.2, 0) is 22.7 Å². The smallest absolute Gasteiger partial charge is 0.243 e. The lowest BCUT2D eigenvalue weighted by molar-refractivity contribution is -0.137. The monoisotopic (exact) mass is 471 g/mol. The molecule has 0 aliphatic carbocycles. The number of benzene rings is 1. The standard InChI is InChI=1S/C23H26ClN5O2S/c24-17-2-5-20(25-12-17)28-9-7-27(8-10-28)13-15-1-3-18-16(11-15)14-29(23(18)32)19-4-6-21(30)26-22(19)31/h1-3,5,11-12,19,23,32H,4,6-10,13-14H2,(H,26,30,31). The lowest BCUT2D eigenvalue weighted by atomic mass is 10.0. The number of piperazine rings is 1. The normalized spacial score (nSPS) is 24.5. The van der Waals surface area contributed by atoms with Gasteiger partial charge in [0.25, 0.3) is 0 Å². The number of fused-ring (bicyclic) bond motifs is 1. The lowest BCUT2D eigenvalue weighted by Gasteiger charge is -2.35. The predicted octanol–water partition coefficient (Wildman–Crippen LogP) is 2.61. The third-order valence-electron chi connectivity index (χ3n) is 6.58. The second-order valence-corrected chi connectivity index (χ2v) is 9.57. The highest BCUT2D eigenvalue weighted by molar-refractivity contribution is 7.80. The van der Waals surface area contributed by atoms with Gasteiger partial charge in [-0.25, -0.2) is 4.98 Å². The Hall–Kier alpha value is -2.13. The number of rotatable bonds is 4. The predicted molar refractivity (Wildman–Crippen MR) is 127 cm³/mol. The molecular weight excluding hydrogens is 446 g/mol. The maximum Gasteiger partial charge on any atom is 0.243 e. The minimum absolute atomic E-state index is 0.126. The van der Waals surface area contributed by atoms with E-state index in [1.807, 2.05) is 12.1 Å². The van der Waals surface area contributed by atoms with E-state index >= 15 is 0 Å². The number of pyridine rings is 1. The summed E-state index contributed by atoms with van der Waals surface area (Å²) in [7, 11) is 0. The van der Waals surface area contributed by atoms with Crippen LogP contribution in [-0.4, -0.2) is 58.8 Å². The van der Waals surface area contributed by atoms with Crippen molar-refractivity contribution in [2.24, 2.45) is 0 Å². The number of imide groups is 1. The molecule has 2 atom stereocenters. The molecule has 2 fully saturated rings. The quantitative estimate of drug-likeness (QED) is 0.527. The summed E-state index contributed by atoms with van der Waals surface area (Å²) in [6, 6.07) is 10.1. The number of aromatic nitrogens is 1. The zero-order valence-corrected chi connectivity index (χ0v) is 19.4. The zero-order chi connectivity index (χ0) is 22.2. The van der Waals surface area contributed by atoms with E-state index < -0.39 is 0 Å². The summed E-state index contributed by atoms with van der Waals surface area (Å²) in [4.78, 5) is 35.1. The SMILES string of the molecule is O=C1CCC(N2Cc3cc(CN4CCN(c5ccc(Cl)cn5)CC4)ccc3C2S)C(=O)N1. The second kappa shape index (κ2) is 9.02. The van der Waals surface area contributed by atoms with Crippen molar-refractivity contribution in [2.75, 3.05) is 31.1 Å². The van der Waals surface area contributed by atoms with Gasteiger partial charge in [-0.2, -0.15) is 12.6 Å². The van der Waals surface area contributed by atoms with Gasteiger partial charge in [-0.05, 0) is 35.2 Å². The van der Waals surface area contributed by atoms with Crippen molar-refractivity contribution in [2.45, 2.75) is 37.3 Å². The van der Waals surface area contributed by atoms with E-state index in [9.17, 15) is 9.59 Å². The molecule has 2 saturated heterocycles. The number of hydrogen-bond donors (Lipinski definition) is 2. The van der Waals surface area contributed by atoms with Crippen LogP contribution in [0.3, 0.4) is 0 Å². The van der Waals surface area contributed by atoms with Crippen LogP contribution >= 0.6 is 24.2 Å². The Kier molecular flexibility index (Phi) is 6.11. The molecule has 1 aromatic heterocycles. The average Bonchev–Trinajstić information content (AvgIpc) is 3.10. The van der Waals surface area contributed by atoms with Gasteiger partial charge in [0.05, 0.1) is 16.4 Å². The molecule has 2 unspecified atom stereocenters. The first kappa shape index (κ1) is 21.7. The summed E-state index contributed by atoms with van der Waals surface area (Å²) >= 11 is 10.7. The van der Waals surface area contributed by atoms with Crippen LogP contribution in [0.15, 0.2) is 36.5 Å². The fraction of sp³-hybridized carbons (Fsp3) is 0.435. The lowest BCUT2D eigenvalue weighted by Crippen LogP contribution is -2.51. The maximum absolute atomic E-state index is 12.3. The van der Waals surface area contributed by atoms with Crippen LogP contribution < -0.4 is 10.2 Å². The number of thiol groups is 1. The molecule has 0 bridgehead atoms. The van der Waals surface area contributed by atoms with Crippen LogP contribution in [0.1, 0.15) is 34.9 Å². The highest BCUT2D eigenvalue weighted by Gasteiger charge is 2.39. The summed E-state index contributed by atoms with van der Waals surface area (Å²) < 4.78 is 0. The Morgan fingerprint density at radius 1 is 1.12 bits per heavy atom. The number of nitrogens with zero attached hydrogens (tertiary/aromatic N) is 4. The maximum atomic E-state index is 12.3. The second-order valence-electron chi connectivity index (χ2n) is 8.64. The fourth-order valence-corrected chi connectivity index (χ4v) is 5.44. The van der Waals surface area contributed by atoms with E-state index in [1.165, 1.54) is 11.1 Å². The number of piperidine rings is 1. The van der Waals surface area contributed by atoms with Gasteiger partial charge in [-0.15, -0.1) is 0 Å². The van der Waals surface area contributed by atoms with Crippen LogP contribution in [0.4, 0.5) is 5.82 Å². The summed E-state index contributed by atoms with van der Waals surface area (Å²) in [5.41, 5.74) is 3.64. The summed E-state index contributed by atoms with van der Waals surface area (Å²) in [5, 5.41) is 2.99. The molecule has 5 rings (SSSR count). The van der Waals surface area contributed by atoms with Crippen molar-refractivity contribution in [1.82, 2.24) is 20.1 Å². The minimum Gasteiger partial charge on any atom is -0.354 e. The molecule has 0 saturated carbocycles.